The van der Waals surface area contributed by atoms with Gasteiger partial charge in [0.25, 0.3) is 0 Å². The van der Waals surface area contributed by atoms with E-state index in [1.807, 2.05) is 26.8 Å². The van der Waals surface area contributed by atoms with E-state index in [2.05, 4.69) is 0 Å². The third kappa shape index (κ3) is 1.82. The molecule has 0 saturated carbocycles. The molecule has 2 unspecified atom stereocenters. The van der Waals surface area contributed by atoms with E-state index in [1.165, 1.54) is 0 Å². The second-order valence-electron chi connectivity index (χ2n) is 4.86. The standard InChI is InChI=1S/C11H16O3/c1-11(2,3)14-10(12)8-6-7-4-5-9(8)13-7/h6-7,9H,4-5H2,1-3H3. The summed E-state index contributed by atoms with van der Waals surface area (Å²) in [7, 11) is 0. The summed E-state index contributed by atoms with van der Waals surface area (Å²) in [5, 5.41) is 0. The number of carbonyl (C=O) groups excluding carboxylic acids is 1. The minimum atomic E-state index is -0.417. The number of hydrogen-bond acceptors (Lipinski definition) is 3. The molecule has 0 aliphatic carbocycles. The second-order valence-corrected chi connectivity index (χ2v) is 4.86. The molecule has 0 radical (unpaired) electrons. The van der Waals surface area contributed by atoms with Crippen LogP contribution in [0.3, 0.4) is 0 Å². The fraction of sp³-hybridized carbons (Fsp3) is 0.727. The Morgan fingerprint density at radius 1 is 1.50 bits per heavy atom. The van der Waals surface area contributed by atoms with Gasteiger partial charge in [-0.15, -0.1) is 0 Å². The van der Waals surface area contributed by atoms with Crippen LogP contribution in [0.4, 0.5) is 0 Å². The molecule has 0 aromatic rings. The maximum absolute atomic E-state index is 11.7. The van der Waals surface area contributed by atoms with Crippen molar-refractivity contribution in [2.75, 3.05) is 0 Å². The molecule has 0 aromatic heterocycles. The van der Waals surface area contributed by atoms with Gasteiger partial charge in [0.1, 0.15) is 5.60 Å². The van der Waals surface area contributed by atoms with Crippen molar-refractivity contribution in [1.29, 1.82) is 0 Å². The average molecular weight is 196 g/mol. The van der Waals surface area contributed by atoms with Gasteiger partial charge in [-0.1, -0.05) is 0 Å². The van der Waals surface area contributed by atoms with Gasteiger partial charge in [0, 0.05) is 0 Å². The first-order chi connectivity index (χ1) is 6.46. The highest BCUT2D eigenvalue weighted by atomic mass is 16.6. The van der Waals surface area contributed by atoms with E-state index >= 15 is 0 Å². The molecule has 0 aromatic carbocycles. The Morgan fingerprint density at radius 2 is 2.21 bits per heavy atom. The number of fused-ring (bicyclic) bond motifs is 2. The Bertz CT molecular complexity index is 285. The highest BCUT2D eigenvalue weighted by Gasteiger charge is 2.38. The van der Waals surface area contributed by atoms with Crippen molar-refractivity contribution in [1.82, 2.24) is 0 Å². The minimum Gasteiger partial charge on any atom is -0.457 e. The number of ether oxygens (including phenoxy) is 2. The fourth-order valence-electron chi connectivity index (χ4n) is 1.86. The Hall–Kier alpha value is -0.830. The number of carbonyl (C=O) groups is 1. The zero-order chi connectivity index (χ0) is 10.3. The van der Waals surface area contributed by atoms with Crippen molar-refractivity contribution in [3.63, 3.8) is 0 Å². The molecule has 78 valence electrons. The first kappa shape index (κ1) is 9.71. The summed E-state index contributed by atoms with van der Waals surface area (Å²) in [4.78, 5) is 11.7. The van der Waals surface area contributed by atoms with E-state index in [4.69, 9.17) is 9.47 Å². The average Bonchev–Trinajstić information content (AvgIpc) is 2.59. The van der Waals surface area contributed by atoms with Crippen LogP contribution in [0.5, 0.6) is 0 Å². The van der Waals surface area contributed by atoms with Gasteiger partial charge in [0.15, 0.2) is 0 Å². The third-order valence-corrected chi connectivity index (χ3v) is 2.40. The molecule has 2 atom stereocenters. The summed E-state index contributed by atoms with van der Waals surface area (Å²) in [6, 6.07) is 0. The van der Waals surface area contributed by atoms with Crippen molar-refractivity contribution in [2.24, 2.45) is 0 Å². The van der Waals surface area contributed by atoms with Gasteiger partial charge in [-0.25, -0.2) is 4.79 Å². The zero-order valence-corrected chi connectivity index (χ0v) is 8.87. The Balaban J connectivity index is 2.03. The first-order valence-electron chi connectivity index (χ1n) is 5.06. The van der Waals surface area contributed by atoms with Crippen LogP contribution in [0.2, 0.25) is 0 Å². The van der Waals surface area contributed by atoms with Crippen molar-refractivity contribution in [3.05, 3.63) is 11.6 Å². The molecule has 0 spiro atoms. The van der Waals surface area contributed by atoms with Crippen LogP contribution in [-0.4, -0.2) is 23.8 Å². The molecule has 14 heavy (non-hydrogen) atoms. The Labute approximate surface area is 84.1 Å². The van der Waals surface area contributed by atoms with E-state index in [-0.39, 0.29) is 18.2 Å². The lowest BCUT2D eigenvalue weighted by Crippen LogP contribution is -2.27. The van der Waals surface area contributed by atoms with E-state index in [1.54, 1.807) is 0 Å². The monoisotopic (exact) mass is 196 g/mol. The smallest absolute Gasteiger partial charge is 0.336 e. The molecule has 2 rings (SSSR count). The van der Waals surface area contributed by atoms with Crippen molar-refractivity contribution < 1.29 is 14.3 Å². The second kappa shape index (κ2) is 3.09. The predicted octanol–water partition coefficient (Wildman–Crippen LogP) is 1.82. The molecule has 3 heteroatoms. The number of rotatable bonds is 1. The van der Waals surface area contributed by atoms with E-state index in [9.17, 15) is 4.79 Å². The Morgan fingerprint density at radius 3 is 2.64 bits per heavy atom. The van der Waals surface area contributed by atoms with Gasteiger partial charge in [-0.2, -0.15) is 0 Å². The summed E-state index contributed by atoms with van der Waals surface area (Å²) in [6.45, 7) is 5.62. The van der Waals surface area contributed by atoms with Crippen LogP contribution in [0.15, 0.2) is 11.6 Å². The lowest BCUT2D eigenvalue weighted by atomic mass is 9.99. The van der Waals surface area contributed by atoms with Gasteiger partial charge >= 0.3 is 5.97 Å². The van der Waals surface area contributed by atoms with Crippen LogP contribution < -0.4 is 0 Å². The van der Waals surface area contributed by atoms with Gasteiger partial charge in [-0.3, -0.25) is 0 Å². The van der Waals surface area contributed by atoms with Crippen LogP contribution in [0.25, 0.3) is 0 Å². The van der Waals surface area contributed by atoms with Gasteiger partial charge in [-0.05, 0) is 39.7 Å². The highest BCUT2D eigenvalue weighted by Crippen LogP contribution is 2.34. The van der Waals surface area contributed by atoms with Crippen molar-refractivity contribution in [2.45, 2.75) is 51.4 Å². The van der Waals surface area contributed by atoms with E-state index in [0.29, 0.717) is 0 Å². The number of esters is 1. The van der Waals surface area contributed by atoms with Crippen molar-refractivity contribution >= 4 is 5.97 Å². The van der Waals surface area contributed by atoms with E-state index in [0.717, 1.165) is 18.4 Å². The minimum absolute atomic E-state index is 0.00477. The maximum atomic E-state index is 11.7. The maximum Gasteiger partial charge on any atom is 0.336 e. The molecule has 0 N–H and O–H groups in total. The lowest BCUT2D eigenvalue weighted by Gasteiger charge is -2.21. The molecule has 1 fully saturated rings. The fourth-order valence-corrected chi connectivity index (χ4v) is 1.86. The summed E-state index contributed by atoms with van der Waals surface area (Å²) < 4.78 is 10.8. The molecule has 2 bridgehead atoms. The summed E-state index contributed by atoms with van der Waals surface area (Å²) in [5.41, 5.74) is 0.302. The summed E-state index contributed by atoms with van der Waals surface area (Å²) in [6.07, 6.45) is 4.05. The molecule has 2 heterocycles. The lowest BCUT2D eigenvalue weighted by molar-refractivity contribution is -0.150. The topological polar surface area (TPSA) is 35.5 Å². The zero-order valence-electron chi connectivity index (χ0n) is 8.87. The largest absolute Gasteiger partial charge is 0.457 e. The summed E-state index contributed by atoms with van der Waals surface area (Å²) in [5.74, 6) is -0.218. The first-order valence-corrected chi connectivity index (χ1v) is 5.06. The molecule has 2 aliphatic heterocycles. The van der Waals surface area contributed by atoms with Gasteiger partial charge in [0.05, 0.1) is 17.8 Å². The number of hydrogen-bond donors (Lipinski definition) is 0. The molecule has 1 saturated heterocycles. The quantitative estimate of drug-likeness (QED) is 0.600. The highest BCUT2D eigenvalue weighted by molar-refractivity contribution is 5.90. The van der Waals surface area contributed by atoms with Crippen LogP contribution in [-0.2, 0) is 14.3 Å². The molecule has 2 aliphatic rings. The normalized spacial score (nSPS) is 30.4. The molecular formula is C11H16O3. The van der Waals surface area contributed by atoms with E-state index < -0.39 is 5.60 Å². The molecular weight excluding hydrogens is 180 g/mol. The SMILES string of the molecule is CC(C)(C)OC(=O)C1=CC2CCC1O2. The van der Waals surface area contributed by atoms with Crippen molar-refractivity contribution in [3.8, 4) is 0 Å². The summed E-state index contributed by atoms with van der Waals surface area (Å²) >= 11 is 0. The molecule has 3 nitrogen and oxygen atoms in total. The van der Waals surface area contributed by atoms with Gasteiger partial charge < -0.3 is 9.47 Å². The van der Waals surface area contributed by atoms with Gasteiger partial charge in [0.2, 0.25) is 0 Å². The van der Waals surface area contributed by atoms with Crippen LogP contribution in [0.1, 0.15) is 33.6 Å². The van der Waals surface area contributed by atoms with Crippen LogP contribution >= 0.6 is 0 Å². The molecule has 0 amide bonds. The Kier molecular flexibility index (Phi) is 2.14. The van der Waals surface area contributed by atoms with Crippen LogP contribution in [0, 0.1) is 0 Å². The predicted molar refractivity (Wildman–Crippen MR) is 51.8 cm³/mol. The third-order valence-electron chi connectivity index (χ3n) is 2.40.